The standard InChI is InChI=1S/C97H61N9/c1-5-25-62(26-6-1)82-53-68(54-83(99-82)63-27-7-2-8-28-63)86-51-66(52-87(101-86)69-55-84(64-29-9-3-10-30-64)100-85(56-69)65-31-11-4-12-32-65)72-33-13-14-34-73(72)67-57-96(105-92-44-24-19-39-78(92)81-61-98-50-49-95(81)105)102-97(58-67)106-93-47-45-70(103-88-40-20-15-35-74(88)75-36-16-21-41-89(75)103)59-79(93)80-60-71(46-48-94(80)106)104-90-42-22-17-37-76(90)77-38-18-23-43-91(77)104/h1-61H. The number of hydrogen-bond donors (Lipinski definition) is 0. The lowest BCUT2D eigenvalue weighted by molar-refractivity contribution is 1.01. The second-order valence-corrected chi connectivity index (χ2v) is 27.2. The Morgan fingerprint density at radius 2 is 0.462 bits per heavy atom. The summed E-state index contributed by atoms with van der Waals surface area (Å²) in [5.41, 5.74) is 25.6. The van der Waals surface area contributed by atoms with E-state index in [1.165, 1.54) is 21.5 Å². The fraction of sp³-hybridized carbons (Fsp3) is 0. The van der Waals surface area contributed by atoms with Gasteiger partial charge in [-0.1, -0.05) is 237 Å². The van der Waals surface area contributed by atoms with Gasteiger partial charge in [0.05, 0.1) is 78.3 Å². The van der Waals surface area contributed by atoms with Gasteiger partial charge >= 0.3 is 0 Å². The van der Waals surface area contributed by atoms with Crippen LogP contribution in [0.5, 0.6) is 0 Å². The van der Waals surface area contributed by atoms with Gasteiger partial charge in [0.1, 0.15) is 11.6 Å². The summed E-state index contributed by atoms with van der Waals surface area (Å²) >= 11 is 0. The molecule has 0 aliphatic heterocycles. The largest absolute Gasteiger partial charge is 0.309 e. The molecule has 0 saturated heterocycles. The van der Waals surface area contributed by atoms with Crippen molar-refractivity contribution >= 4 is 87.2 Å². The van der Waals surface area contributed by atoms with Crippen LogP contribution in [0.1, 0.15) is 0 Å². The molecular formula is C97H61N9. The zero-order chi connectivity index (χ0) is 69.8. The minimum absolute atomic E-state index is 0.755. The summed E-state index contributed by atoms with van der Waals surface area (Å²) in [6.07, 6.45) is 3.86. The van der Waals surface area contributed by atoms with Crippen molar-refractivity contribution in [1.29, 1.82) is 0 Å². The molecule has 0 aliphatic rings. The molecule has 0 fully saturated rings. The fourth-order valence-electron chi connectivity index (χ4n) is 16.2. The van der Waals surface area contributed by atoms with E-state index in [4.69, 9.17) is 24.9 Å². The van der Waals surface area contributed by atoms with Crippen molar-refractivity contribution in [3.8, 4) is 113 Å². The molecule has 494 valence electrons. The first kappa shape index (κ1) is 60.4. The fourth-order valence-corrected chi connectivity index (χ4v) is 16.2. The van der Waals surface area contributed by atoms with E-state index in [0.717, 1.165) is 178 Å². The Labute approximate surface area is 609 Å². The van der Waals surface area contributed by atoms with Gasteiger partial charge in [-0.05, 0) is 144 Å². The number of nitrogens with zero attached hydrogens (tertiary/aromatic N) is 9. The van der Waals surface area contributed by atoms with Gasteiger partial charge in [-0.25, -0.2) is 19.9 Å². The molecular weight excluding hydrogens is 1290 g/mol. The van der Waals surface area contributed by atoms with Gasteiger partial charge in [0.15, 0.2) is 0 Å². The van der Waals surface area contributed by atoms with Crippen LogP contribution in [0, 0.1) is 0 Å². The highest BCUT2D eigenvalue weighted by atomic mass is 15.1. The van der Waals surface area contributed by atoms with E-state index in [1.54, 1.807) is 0 Å². The van der Waals surface area contributed by atoms with Gasteiger partial charge in [0.25, 0.3) is 0 Å². The number of benzene rings is 12. The molecule has 0 amide bonds. The molecule has 9 aromatic heterocycles. The average Bonchev–Trinajstić information content (AvgIpc) is 1.55. The SMILES string of the molecule is c1ccc(-c2cc(-c3cc(-c4ccccc4-c4cc(-n5c6ccccc6c6cnccc65)nc(-n5c6ccc(-n7c8ccccc8c8ccccc87)cc6c6cc(-n7c8ccccc8c8ccccc87)ccc65)c4)cc(-c4cc(-c5ccccc5)nc(-c5ccccc5)c4)n3)cc(-c3ccccc3)n2)cc1. The van der Waals surface area contributed by atoms with Gasteiger partial charge < -0.3 is 9.13 Å². The van der Waals surface area contributed by atoms with Crippen molar-refractivity contribution in [2.24, 2.45) is 0 Å². The Kier molecular flexibility index (Phi) is 14.1. The van der Waals surface area contributed by atoms with Gasteiger partial charge in [-0.15, -0.1) is 0 Å². The molecule has 9 heteroatoms. The Hall–Kier alpha value is -14.4. The van der Waals surface area contributed by atoms with Crippen LogP contribution in [0.3, 0.4) is 0 Å². The Morgan fingerprint density at radius 3 is 0.840 bits per heavy atom. The summed E-state index contributed by atoms with van der Waals surface area (Å²) in [5.74, 6) is 1.51. The first-order valence-electron chi connectivity index (χ1n) is 35.9. The van der Waals surface area contributed by atoms with E-state index >= 15 is 0 Å². The number of hydrogen-bond acceptors (Lipinski definition) is 5. The highest BCUT2D eigenvalue weighted by Gasteiger charge is 2.25. The number of rotatable bonds is 12. The van der Waals surface area contributed by atoms with Crippen molar-refractivity contribution < 1.29 is 0 Å². The van der Waals surface area contributed by atoms with Crippen LogP contribution in [-0.4, -0.2) is 43.2 Å². The normalized spacial score (nSPS) is 11.8. The first-order chi connectivity index (χ1) is 52.5. The maximum atomic E-state index is 5.97. The van der Waals surface area contributed by atoms with Crippen molar-refractivity contribution in [2.45, 2.75) is 0 Å². The molecule has 21 aromatic rings. The topological polar surface area (TPSA) is 84.2 Å². The van der Waals surface area contributed by atoms with Gasteiger partial charge in [0, 0.05) is 100 Å². The minimum Gasteiger partial charge on any atom is -0.309 e. The van der Waals surface area contributed by atoms with E-state index in [9.17, 15) is 0 Å². The Bertz CT molecular complexity index is 6480. The highest BCUT2D eigenvalue weighted by Crippen LogP contribution is 2.45. The smallest absolute Gasteiger partial charge is 0.140 e. The lowest BCUT2D eigenvalue weighted by Crippen LogP contribution is -2.05. The van der Waals surface area contributed by atoms with Crippen LogP contribution < -0.4 is 0 Å². The van der Waals surface area contributed by atoms with E-state index in [1.807, 2.05) is 36.7 Å². The maximum absolute atomic E-state index is 5.97. The van der Waals surface area contributed by atoms with Crippen LogP contribution in [0.15, 0.2) is 370 Å². The molecule has 12 aromatic carbocycles. The molecule has 0 bridgehead atoms. The molecule has 21 rings (SSSR count). The predicted octanol–water partition coefficient (Wildman–Crippen LogP) is 24.4. The number of pyridine rings is 5. The zero-order valence-corrected chi connectivity index (χ0v) is 57.2. The Morgan fingerprint density at radius 1 is 0.179 bits per heavy atom. The number of para-hydroxylation sites is 5. The second kappa shape index (κ2) is 24.7. The number of fused-ring (bicyclic) bond motifs is 12. The molecule has 0 radical (unpaired) electrons. The van der Waals surface area contributed by atoms with Gasteiger partial charge in [-0.2, -0.15) is 0 Å². The van der Waals surface area contributed by atoms with E-state index in [0.29, 0.717) is 0 Å². The highest BCUT2D eigenvalue weighted by molar-refractivity contribution is 6.15. The predicted molar refractivity (Wildman–Crippen MR) is 436 cm³/mol. The summed E-state index contributed by atoms with van der Waals surface area (Å²) in [7, 11) is 0. The molecule has 9 nitrogen and oxygen atoms in total. The lowest BCUT2D eigenvalue weighted by Gasteiger charge is -2.18. The lowest BCUT2D eigenvalue weighted by atomic mass is 9.92. The van der Waals surface area contributed by atoms with E-state index in [-0.39, 0.29) is 0 Å². The minimum atomic E-state index is 0.755. The molecule has 0 unspecified atom stereocenters. The van der Waals surface area contributed by atoms with Crippen molar-refractivity contribution in [1.82, 2.24) is 43.2 Å². The third-order valence-corrected chi connectivity index (χ3v) is 21.0. The quantitative estimate of drug-likeness (QED) is 0.122. The van der Waals surface area contributed by atoms with E-state index < -0.39 is 0 Å². The first-order valence-corrected chi connectivity index (χ1v) is 35.9. The molecule has 0 N–H and O–H groups in total. The average molecular weight is 1350 g/mol. The van der Waals surface area contributed by atoms with Crippen LogP contribution in [0.25, 0.3) is 200 Å². The van der Waals surface area contributed by atoms with Gasteiger partial charge in [0.2, 0.25) is 0 Å². The van der Waals surface area contributed by atoms with Crippen LogP contribution >= 0.6 is 0 Å². The van der Waals surface area contributed by atoms with Crippen molar-refractivity contribution in [3.05, 3.63) is 370 Å². The summed E-state index contributed by atoms with van der Waals surface area (Å²) in [5, 5.41) is 9.16. The summed E-state index contributed by atoms with van der Waals surface area (Å²) in [6, 6.07) is 128. The third kappa shape index (κ3) is 10.0. The third-order valence-electron chi connectivity index (χ3n) is 21.0. The molecule has 9 heterocycles. The monoisotopic (exact) mass is 1350 g/mol. The van der Waals surface area contributed by atoms with E-state index in [2.05, 4.69) is 352 Å². The summed E-state index contributed by atoms with van der Waals surface area (Å²) in [4.78, 5) is 27.2. The molecule has 0 aliphatic carbocycles. The molecule has 0 saturated carbocycles. The zero-order valence-electron chi connectivity index (χ0n) is 57.2. The van der Waals surface area contributed by atoms with Crippen LogP contribution in [0.4, 0.5) is 0 Å². The molecule has 0 spiro atoms. The van der Waals surface area contributed by atoms with Crippen molar-refractivity contribution in [3.63, 3.8) is 0 Å². The van der Waals surface area contributed by atoms with Crippen LogP contribution in [-0.2, 0) is 0 Å². The molecule has 0 atom stereocenters. The summed E-state index contributed by atoms with van der Waals surface area (Å²) in [6.45, 7) is 0. The molecule has 106 heavy (non-hydrogen) atoms. The van der Waals surface area contributed by atoms with Crippen LogP contribution in [0.2, 0.25) is 0 Å². The number of aromatic nitrogens is 9. The van der Waals surface area contributed by atoms with Crippen molar-refractivity contribution in [2.75, 3.05) is 0 Å². The van der Waals surface area contributed by atoms with Gasteiger partial charge in [-0.3, -0.25) is 14.1 Å². The Balaban J connectivity index is 0.833. The summed E-state index contributed by atoms with van der Waals surface area (Å²) < 4.78 is 9.54. The maximum Gasteiger partial charge on any atom is 0.140 e. The second-order valence-electron chi connectivity index (χ2n) is 27.2.